The monoisotopic (exact) mass is 819 g/mol. The number of unbranched alkanes of at least 4 members (excludes halogenated alkanes) is 1. The lowest BCUT2D eigenvalue weighted by molar-refractivity contribution is -0.199. The van der Waals surface area contributed by atoms with E-state index in [4.69, 9.17) is 32.2 Å². The Morgan fingerprint density at radius 1 is 0.780 bits per heavy atom. The van der Waals surface area contributed by atoms with Crippen molar-refractivity contribution in [3.63, 3.8) is 0 Å². The highest BCUT2D eigenvalue weighted by Gasteiger charge is 2.68. The molecule has 1 unspecified atom stereocenters. The molecule has 17 nitrogen and oxygen atoms in total. The highest BCUT2D eigenvalue weighted by Crippen LogP contribution is 2.65. The molecule has 0 aromatic heterocycles. The predicted octanol–water partition coefficient (Wildman–Crippen LogP) is -0.476. The van der Waals surface area contributed by atoms with Gasteiger partial charge in [0.15, 0.2) is 6.17 Å². The third kappa shape index (κ3) is 10.5. The maximum absolute atomic E-state index is 13.4. The number of amides is 5. The molecule has 5 amide bonds. The van der Waals surface area contributed by atoms with Gasteiger partial charge in [0.05, 0.1) is 18.3 Å². The van der Waals surface area contributed by atoms with Crippen molar-refractivity contribution in [3.8, 4) is 11.1 Å². The van der Waals surface area contributed by atoms with Gasteiger partial charge in [-0.1, -0.05) is 63.6 Å². The summed E-state index contributed by atoms with van der Waals surface area (Å²) < 4.78 is 12.4. The molecule has 2 bridgehead atoms. The van der Waals surface area contributed by atoms with E-state index in [2.05, 4.69) is 59.5 Å². The molecule has 59 heavy (non-hydrogen) atoms. The Morgan fingerprint density at radius 3 is 1.92 bits per heavy atom. The molecule has 14 N–H and O–H groups in total. The Balaban J connectivity index is 1.11. The first-order valence-electron chi connectivity index (χ1n) is 20.6. The highest BCUT2D eigenvalue weighted by molar-refractivity contribution is 6.47. The lowest BCUT2D eigenvalue weighted by Crippen LogP contribution is -2.65. The molecule has 0 spiro atoms. The van der Waals surface area contributed by atoms with Crippen LogP contribution in [0.4, 0.5) is 0 Å². The van der Waals surface area contributed by atoms with E-state index < -0.39 is 79.2 Å². The maximum Gasteiger partial charge on any atom is 0.497 e. The number of benzene rings is 2. The maximum atomic E-state index is 13.4. The van der Waals surface area contributed by atoms with Crippen LogP contribution in [-0.4, -0.2) is 104 Å². The van der Waals surface area contributed by atoms with Gasteiger partial charge in [-0.15, -0.1) is 0 Å². The number of rotatable bonds is 20. The number of nitrogens with two attached hydrogens (primary N) is 4. The van der Waals surface area contributed by atoms with Crippen molar-refractivity contribution in [1.82, 2.24) is 26.6 Å². The van der Waals surface area contributed by atoms with Crippen molar-refractivity contribution in [2.45, 2.75) is 115 Å². The zero-order valence-electron chi connectivity index (χ0n) is 34.5. The van der Waals surface area contributed by atoms with Gasteiger partial charge in [-0.05, 0) is 105 Å². The number of nitrogens with one attached hydrogen (secondary N) is 5. The highest BCUT2D eigenvalue weighted by atomic mass is 16.7. The van der Waals surface area contributed by atoms with E-state index in [1.54, 1.807) is 12.1 Å². The molecular formula is C41H62BN9O8. The van der Waals surface area contributed by atoms with Crippen LogP contribution in [-0.2, 0) is 34.9 Å². The summed E-state index contributed by atoms with van der Waals surface area (Å²) in [5.41, 5.74) is 26.8. The fraction of sp³-hybridized carbons (Fsp3) is 0.585. The fourth-order valence-corrected chi connectivity index (χ4v) is 8.60. The summed E-state index contributed by atoms with van der Waals surface area (Å²) in [5.74, 6) is -3.11. The first-order chi connectivity index (χ1) is 28.1. The Labute approximate surface area is 346 Å². The number of carbonyl (C=O) groups is 5. The summed E-state index contributed by atoms with van der Waals surface area (Å²) in [6, 6.07) is 10.3. The second-order valence-corrected chi connectivity index (χ2v) is 16.7. The lowest BCUT2D eigenvalue weighted by Gasteiger charge is -2.64. The smallest absolute Gasteiger partial charge is 0.403 e. The summed E-state index contributed by atoms with van der Waals surface area (Å²) in [6.07, 6.45) is 3.27. The molecular weight excluding hydrogens is 757 g/mol. The van der Waals surface area contributed by atoms with Gasteiger partial charge in [0.25, 0.3) is 11.8 Å². The molecule has 18 heteroatoms. The predicted molar refractivity (Wildman–Crippen MR) is 222 cm³/mol. The normalized spacial score (nSPS) is 23.9. The molecule has 0 radical (unpaired) electrons. The summed E-state index contributed by atoms with van der Waals surface area (Å²) in [6.45, 7) is 7.82. The number of carbonyl (C=O) groups excluding carboxylic acids is 5. The third-order valence-corrected chi connectivity index (χ3v) is 12.4. The van der Waals surface area contributed by atoms with Crippen LogP contribution in [0.25, 0.3) is 11.1 Å². The topological polar surface area (TPSA) is 288 Å². The minimum atomic E-state index is -1.70. The van der Waals surface area contributed by atoms with Gasteiger partial charge < -0.3 is 63.9 Å². The second kappa shape index (κ2) is 19.8. The van der Waals surface area contributed by atoms with Crippen LogP contribution >= 0.6 is 0 Å². The van der Waals surface area contributed by atoms with Crippen molar-refractivity contribution in [1.29, 1.82) is 0 Å². The van der Waals surface area contributed by atoms with Crippen LogP contribution in [0.5, 0.6) is 0 Å². The van der Waals surface area contributed by atoms with Crippen LogP contribution in [0.2, 0.25) is 0 Å². The second-order valence-electron chi connectivity index (χ2n) is 16.7. The van der Waals surface area contributed by atoms with Gasteiger partial charge in [-0.25, -0.2) is 0 Å². The van der Waals surface area contributed by atoms with Crippen molar-refractivity contribution >= 4 is 36.7 Å². The van der Waals surface area contributed by atoms with Gasteiger partial charge in [-0.3, -0.25) is 24.0 Å². The Bertz CT molecular complexity index is 1800. The number of aryl methyl sites for hydroxylation is 1. The molecule has 2 aromatic rings. The Kier molecular flexibility index (Phi) is 15.3. The number of hydrogen-bond acceptors (Lipinski definition) is 12. The van der Waals surface area contributed by atoms with E-state index in [-0.39, 0.29) is 43.4 Å². The van der Waals surface area contributed by atoms with Gasteiger partial charge in [0.1, 0.15) is 24.2 Å². The van der Waals surface area contributed by atoms with E-state index >= 15 is 0 Å². The van der Waals surface area contributed by atoms with Crippen molar-refractivity contribution in [2.75, 3.05) is 19.7 Å². The van der Waals surface area contributed by atoms with E-state index in [9.17, 15) is 29.1 Å². The van der Waals surface area contributed by atoms with Gasteiger partial charge in [0.2, 0.25) is 17.7 Å². The van der Waals surface area contributed by atoms with Crippen molar-refractivity contribution in [2.24, 2.45) is 40.2 Å². The van der Waals surface area contributed by atoms with Crippen LogP contribution < -0.4 is 49.5 Å². The minimum absolute atomic E-state index is 0.0259. The van der Waals surface area contributed by atoms with Crippen LogP contribution in [0.1, 0.15) is 82.1 Å². The molecule has 1 aliphatic heterocycles. The molecule has 4 aliphatic rings. The quantitative estimate of drug-likeness (QED) is 0.0599. The lowest BCUT2D eigenvalue weighted by atomic mass is 9.43. The van der Waals surface area contributed by atoms with Gasteiger partial charge in [0, 0.05) is 5.56 Å². The zero-order chi connectivity index (χ0) is 43.1. The number of aliphatic hydroxyl groups excluding tert-OH is 1. The average Bonchev–Trinajstić information content (AvgIpc) is 3.59. The number of hydrogen-bond donors (Lipinski definition) is 10. The first kappa shape index (κ1) is 45.7. The standard InChI is InChI=1S/C41H62BN9O8/c1-5-6-7-23-8-10-24(11-9-23)25-12-14-26(15-13-25)34(53)47-28(16-18-43)35(54)48-29(17-19-44)36(55)50-33(45)38(57)49-30(22-52)37(56)51-39(46)42-58-32-21-27-20-31(40(27,2)3)41(32,4)59-42/h8-15,27-33,39,52H,5-7,16-22,43-46H2,1-4H3,(H,47,53)(H,48,54)(H,49,57)(H,50,55)(H,51,56)/t27-,28-,29-,30-,31-,32?,33+,39+,41-/m0/s1. The fourth-order valence-electron chi connectivity index (χ4n) is 8.60. The van der Waals surface area contributed by atoms with Crippen molar-refractivity contribution < 1.29 is 38.4 Å². The molecule has 322 valence electrons. The molecule has 3 aliphatic carbocycles. The first-order valence-corrected chi connectivity index (χ1v) is 20.6. The molecule has 1 heterocycles. The average molecular weight is 820 g/mol. The minimum Gasteiger partial charge on any atom is -0.403 e. The summed E-state index contributed by atoms with van der Waals surface area (Å²) >= 11 is 0. The molecule has 3 saturated carbocycles. The van der Waals surface area contributed by atoms with Crippen molar-refractivity contribution in [3.05, 3.63) is 59.7 Å². The van der Waals surface area contributed by atoms with E-state index in [0.717, 1.165) is 43.2 Å². The summed E-state index contributed by atoms with van der Waals surface area (Å²) in [7, 11) is -0.941. The van der Waals surface area contributed by atoms with Gasteiger partial charge in [-0.2, -0.15) is 0 Å². The van der Waals surface area contributed by atoms with Crippen LogP contribution in [0.15, 0.2) is 48.5 Å². The van der Waals surface area contributed by atoms with E-state index in [0.29, 0.717) is 11.5 Å². The number of aliphatic hydroxyl groups is 1. The molecule has 4 fully saturated rings. The van der Waals surface area contributed by atoms with E-state index in [1.165, 1.54) is 5.56 Å². The summed E-state index contributed by atoms with van der Waals surface area (Å²) in [4.78, 5) is 66.0. The van der Waals surface area contributed by atoms with Crippen LogP contribution in [0, 0.1) is 17.3 Å². The van der Waals surface area contributed by atoms with Crippen LogP contribution in [0.3, 0.4) is 0 Å². The summed E-state index contributed by atoms with van der Waals surface area (Å²) in [5, 5.41) is 22.4. The van der Waals surface area contributed by atoms with Gasteiger partial charge >= 0.3 is 7.12 Å². The molecule has 6 rings (SSSR count). The zero-order valence-corrected chi connectivity index (χ0v) is 34.5. The van der Waals surface area contributed by atoms with E-state index in [1.807, 2.05) is 31.2 Å². The SMILES string of the molecule is CCCCc1ccc(-c2ccc(C(=O)N[C@@H](CCN)C(=O)N[C@@H](CCN)C(=O)N[C@@H](N)C(=O)N[C@@H](CO)C(=O)N[C@@H](N)B3OC4C[C@@H]5C[C@@H](C5(C)C)[C@]4(C)O3)cc2)cc1. The third-order valence-electron chi connectivity index (χ3n) is 12.4. The Hall–Kier alpha value is -4.43. The largest absolute Gasteiger partial charge is 0.497 e. The molecule has 1 saturated heterocycles. The molecule has 9 atom stereocenters. The molecule has 2 aromatic carbocycles. The Morgan fingerprint density at radius 2 is 1.34 bits per heavy atom.